The molecule has 88 valence electrons. The van der Waals surface area contributed by atoms with Gasteiger partial charge in [-0.15, -0.1) is 0 Å². The lowest BCUT2D eigenvalue weighted by atomic mass is 10.1. The molecule has 2 nitrogen and oxygen atoms in total. The van der Waals surface area contributed by atoms with Crippen LogP contribution in [0.5, 0.6) is 0 Å². The van der Waals surface area contributed by atoms with Crippen LogP contribution in [0.25, 0.3) is 0 Å². The molecule has 2 aromatic rings. The lowest BCUT2D eigenvalue weighted by Gasteiger charge is -2.00. The topological polar surface area (TPSA) is 30.2 Å². The van der Waals surface area contributed by atoms with Gasteiger partial charge in [-0.1, -0.05) is 17.7 Å². The van der Waals surface area contributed by atoms with Crippen molar-refractivity contribution < 1.29 is 13.6 Å². The molecule has 2 rings (SSSR count). The summed E-state index contributed by atoms with van der Waals surface area (Å²) in [7, 11) is 0. The van der Waals surface area contributed by atoms with Gasteiger partial charge < -0.3 is 4.42 Å². The first-order chi connectivity index (χ1) is 8.06. The van der Waals surface area contributed by atoms with Crippen molar-refractivity contribution in [2.75, 3.05) is 0 Å². The van der Waals surface area contributed by atoms with Crippen LogP contribution >= 0.6 is 27.5 Å². The maximum Gasteiger partial charge on any atom is 0.202 e. The average Bonchev–Trinajstić information content (AvgIpc) is 2.70. The van der Waals surface area contributed by atoms with Crippen LogP contribution in [-0.2, 0) is 6.42 Å². The molecule has 0 atom stereocenters. The van der Waals surface area contributed by atoms with Crippen LogP contribution in [0, 0.1) is 5.82 Å². The summed E-state index contributed by atoms with van der Waals surface area (Å²) in [4.78, 5) is 11.8. The Morgan fingerprint density at radius 2 is 2.12 bits per heavy atom. The fourth-order valence-electron chi connectivity index (χ4n) is 1.39. The summed E-state index contributed by atoms with van der Waals surface area (Å²) in [5, 5.41) is 0.0101. The number of halogens is 3. The molecule has 0 aliphatic carbocycles. The molecular formula is C12H7BrClFO2. The molecule has 0 amide bonds. The summed E-state index contributed by atoms with van der Waals surface area (Å²) < 4.78 is 18.6. The Hall–Kier alpha value is -1.13. The van der Waals surface area contributed by atoms with Crippen LogP contribution in [0.1, 0.15) is 16.1 Å². The van der Waals surface area contributed by atoms with Crippen molar-refractivity contribution in [2.45, 2.75) is 6.42 Å². The normalized spacial score (nSPS) is 10.5. The lowest BCUT2D eigenvalue weighted by Crippen LogP contribution is -2.02. The van der Waals surface area contributed by atoms with Gasteiger partial charge in [-0.25, -0.2) is 4.39 Å². The number of rotatable bonds is 3. The zero-order valence-corrected chi connectivity index (χ0v) is 10.9. The van der Waals surface area contributed by atoms with Crippen LogP contribution in [0.15, 0.2) is 39.4 Å². The molecule has 1 aromatic heterocycles. The summed E-state index contributed by atoms with van der Waals surface area (Å²) >= 11 is 8.75. The van der Waals surface area contributed by atoms with E-state index in [1.165, 1.54) is 18.2 Å². The Morgan fingerprint density at radius 3 is 2.71 bits per heavy atom. The van der Waals surface area contributed by atoms with E-state index in [1.54, 1.807) is 12.1 Å². The van der Waals surface area contributed by atoms with E-state index in [2.05, 4.69) is 15.9 Å². The number of furan rings is 1. The minimum absolute atomic E-state index is 0.0101. The highest BCUT2D eigenvalue weighted by atomic mass is 79.9. The number of Topliss-reactive ketones (excluding diaryl/α,β-unsaturated/α-hetero) is 1. The maximum atomic E-state index is 12.9. The minimum Gasteiger partial charge on any atom is -0.446 e. The van der Waals surface area contributed by atoms with E-state index in [0.29, 0.717) is 10.2 Å². The first-order valence-electron chi connectivity index (χ1n) is 4.79. The van der Waals surface area contributed by atoms with Gasteiger partial charge >= 0.3 is 0 Å². The molecule has 0 radical (unpaired) electrons. The SMILES string of the molecule is O=C(Cc1ccc(F)c(Cl)c1)c1ccc(Br)o1. The Bertz CT molecular complexity index is 565. The van der Waals surface area contributed by atoms with Gasteiger partial charge in [-0.3, -0.25) is 4.79 Å². The molecule has 0 saturated carbocycles. The van der Waals surface area contributed by atoms with Crippen molar-refractivity contribution in [1.82, 2.24) is 0 Å². The predicted octanol–water partition coefficient (Wildman–Crippen LogP) is 4.26. The molecule has 0 aliphatic rings. The highest BCUT2D eigenvalue weighted by Crippen LogP contribution is 2.19. The smallest absolute Gasteiger partial charge is 0.202 e. The number of hydrogen-bond acceptors (Lipinski definition) is 2. The summed E-state index contributed by atoms with van der Waals surface area (Å²) in [6.07, 6.45) is 0.125. The van der Waals surface area contributed by atoms with Gasteiger partial charge in [0, 0.05) is 6.42 Å². The molecule has 0 spiro atoms. The molecule has 1 aromatic carbocycles. The van der Waals surface area contributed by atoms with Gasteiger partial charge in [0.1, 0.15) is 5.82 Å². The Balaban J connectivity index is 2.15. The molecule has 0 aliphatic heterocycles. The quantitative estimate of drug-likeness (QED) is 0.792. The average molecular weight is 318 g/mol. The van der Waals surface area contributed by atoms with Crippen molar-refractivity contribution in [1.29, 1.82) is 0 Å². The van der Waals surface area contributed by atoms with E-state index in [1.807, 2.05) is 0 Å². The first-order valence-corrected chi connectivity index (χ1v) is 5.96. The largest absolute Gasteiger partial charge is 0.446 e. The first kappa shape index (κ1) is 12.3. The molecular weight excluding hydrogens is 310 g/mol. The second kappa shape index (κ2) is 5.02. The van der Waals surface area contributed by atoms with Crippen LogP contribution in [-0.4, -0.2) is 5.78 Å². The van der Waals surface area contributed by atoms with E-state index < -0.39 is 5.82 Å². The molecule has 1 heterocycles. The van der Waals surface area contributed by atoms with Crippen molar-refractivity contribution in [3.63, 3.8) is 0 Å². The Morgan fingerprint density at radius 1 is 1.35 bits per heavy atom. The summed E-state index contributed by atoms with van der Waals surface area (Å²) in [6.45, 7) is 0. The van der Waals surface area contributed by atoms with Gasteiger partial charge in [0.25, 0.3) is 0 Å². The monoisotopic (exact) mass is 316 g/mol. The van der Waals surface area contributed by atoms with Crippen molar-refractivity contribution in [3.8, 4) is 0 Å². The van der Waals surface area contributed by atoms with Crippen molar-refractivity contribution in [2.24, 2.45) is 0 Å². The van der Waals surface area contributed by atoms with Crippen molar-refractivity contribution >= 4 is 33.3 Å². The number of hydrogen-bond donors (Lipinski definition) is 0. The number of carbonyl (C=O) groups excluding carboxylic acids is 1. The molecule has 0 saturated heterocycles. The van der Waals surface area contributed by atoms with Crippen LogP contribution in [0.2, 0.25) is 5.02 Å². The van der Waals surface area contributed by atoms with Gasteiger partial charge in [-0.2, -0.15) is 0 Å². The second-order valence-corrected chi connectivity index (χ2v) is 4.64. The molecule has 0 unspecified atom stereocenters. The van der Waals surface area contributed by atoms with Gasteiger partial charge in [0.2, 0.25) is 5.78 Å². The molecule has 0 N–H and O–H groups in total. The number of benzene rings is 1. The van der Waals surface area contributed by atoms with E-state index >= 15 is 0 Å². The van der Waals surface area contributed by atoms with E-state index in [9.17, 15) is 9.18 Å². The van der Waals surface area contributed by atoms with Gasteiger partial charge in [-0.05, 0) is 45.8 Å². The van der Waals surface area contributed by atoms with E-state index in [-0.39, 0.29) is 23.0 Å². The van der Waals surface area contributed by atoms with E-state index in [0.717, 1.165) is 0 Å². The molecule has 0 bridgehead atoms. The zero-order valence-electron chi connectivity index (χ0n) is 8.54. The van der Waals surface area contributed by atoms with Gasteiger partial charge in [0.05, 0.1) is 5.02 Å². The Kier molecular flexibility index (Phi) is 3.64. The fraction of sp³-hybridized carbons (Fsp3) is 0.0833. The fourth-order valence-corrected chi connectivity index (χ4v) is 1.90. The summed E-state index contributed by atoms with van der Waals surface area (Å²) in [6, 6.07) is 7.43. The number of ketones is 1. The van der Waals surface area contributed by atoms with Crippen LogP contribution in [0.4, 0.5) is 4.39 Å². The van der Waals surface area contributed by atoms with Gasteiger partial charge in [0.15, 0.2) is 10.4 Å². The second-order valence-electron chi connectivity index (χ2n) is 3.45. The summed E-state index contributed by atoms with van der Waals surface area (Å²) in [5.74, 6) is -0.417. The lowest BCUT2D eigenvalue weighted by molar-refractivity contribution is 0.0965. The zero-order chi connectivity index (χ0) is 12.4. The standard InChI is InChI=1S/C12H7BrClFO2/c13-12-4-3-11(17-12)10(16)6-7-1-2-9(15)8(14)5-7/h1-5H,6H2. The highest BCUT2D eigenvalue weighted by Gasteiger charge is 2.12. The minimum atomic E-state index is -0.497. The maximum absolute atomic E-state index is 12.9. The summed E-state index contributed by atoms with van der Waals surface area (Å²) in [5.41, 5.74) is 0.647. The molecule has 0 fully saturated rings. The third-order valence-corrected chi connectivity index (χ3v) is 2.91. The highest BCUT2D eigenvalue weighted by molar-refractivity contribution is 9.10. The van der Waals surface area contributed by atoms with Crippen LogP contribution in [0.3, 0.4) is 0 Å². The molecule has 17 heavy (non-hydrogen) atoms. The number of carbonyl (C=O) groups is 1. The van der Waals surface area contributed by atoms with Crippen LogP contribution < -0.4 is 0 Å². The predicted molar refractivity (Wildman–Crippen MR) is 65.9 cm³/mol. The van der Waals surface area contributed by atoms with E-state index in [4.69, 9.17) is 16.0 Å². The third-order valence-electron chi connectivity index (χ3n) is 2.20. The third kappa shape index (κ3) is 2.96. The van der Waals surface area contributed by atoms with Crippen molar-refractivity contribution in [3.05, 3.63) is 57.2 Å². The Labute approximate surface area is 111 Å². The molecule has 5 heteroatoms.